The van der Waals surface area contributed by atoms with E-state index >= 15 is 0 Å². The zero-order valence-electron chi connectivity index (χ0n) is 10.9. The molecule has 0 amide bonds. The fourth-order valence-electron chi connectivity index (χ4n) is 1.60. The Morgan fingerprint density at radius 1 is 1.24 bits per heavy atom. The molecule has 21 heavy (non-hydrogen) atoms. The molecular weight excluding hydrogens is 319 g/mol. The fourth-order valence-corrected chi connectivity index (χ4v) is 2.81. The van der Waals surface area contributed by atoms with Crippen LogP contribution in [-0.4, -0.2) is 15.5 Å². The lowest BCUT2D eigenvalue weighted by atomic mass is 10.3. The maximum Gasteiger partial charge on any atom is 0.262 e. The minimum Gasteiger partial charge on any atom is -0.497 e. The van der Waals surface area contributed by atoms with Gasteiger partial charge < -0.3 is 10.5 Å². The maximum atomic E-state index is 13.7. The largest absolute Gasteiger partial charge is 0.497 e. The molecule has 0 aliphatic carbocycles. The van der Waals surface area contributed by atoms with Gasteiger partial charge in [-0.2, -0.15) is 0 Å². The second kappa shape index (κ2) is 5.79. The first-order valence-corrected chi connectivity index (χ1v) is 7.61. The molecule has 0 unspecified atom stereocenters. The minimum absolute atomic E-state index is 0.116. The molecule has 0 heterocycles. The van der Waals surface area contributed by atoms with E-state index in [2.05, 4.69) is 4.72 Å². The van der Waals surface area contributed by atoms with Crippen molar-refractivity contribution in [1.82, 2.24) is 0 Å². The zero-order chi connectivity index (χ0) is 15.6. The summed E-state index contributed by atoms with van der Waals surface area (Å²) in [5, 5.41) is 0.238. The van der Waals surface area contributed by atoms with Crippen LogP contribution < -0.4 is 15.2 Å². The number of nitrogens with two attached hydrogens (primary N) is 1. The highest BCUT2D eigenvalue weighted by atomic mass is 35.5. The van der Waals surface area contributed by atoms with Crippen molar-refractivity contribution in [1.29, 1.82) is 0 Å². The smallest absolute Gasteiger partial charge is 0.262 e. The summed E-state index contributed by atoms with van der Waals surface area (Å²) in [5.41, 5.74) is 5.46. The topological polar surface area (TPSA) is 81.4 Å². The maximum absolute atomic E-state index is 13.7. The van der Waals surface area contributed by atoms with Gasteiger partial charge >= 0.3 is 0 Å². The summed E-state index contributed by atoms with van der Waals surface area (Å²) in [6.07, 6.45) is 0. The molecule has 2 aromatic carbocycles. The number of sulfonamides is 1. The van der Waals surface area contributed by atoms with E-state index in [1.165, 1.54) is 37.4 Å². The van der Waals surface area contributed by atoms with Crippen LogP contribution in [-0.2, 0) is 10.0 Å². The number of methoxy groups -OCH3 is 1. The first kappa shape index (κ1) is 15.4. The van der Waals surface area contributed by atoms with Crippen molar-refractivity contribution in [2.24, 2.45) is 0 Å². The number of nitrogen functional groups attached to an aromatic ring is 1. The average molecular weight is 331 g/mol. The van der Waals surface area contributed by atoms with E-state index in [-0.39, 0.29) is 21.3 Å². The van der Waals surface area contributed by atoms with E-state index in [1.807, 2.05) is 0 Å². The molecule has 8 heteroatoms. The van der Waals surface area contributed by atoms with Gasteiger partial charge in [-0.05, 0) is 30.3 Å². The second-order valence-electron chi connectivity index (χ2n) is 4.13. The molecule has 3 N–H and O–H groups in total. The third-order valence-electron chi connectivity index (χ3n) is 2.70. The highest BCUT2D eigenvalue weighted by Crippen LogP contribution is 2.26. The Morgan fingerprint density at radius 3 is 2.57 bits per heavy atom. The van der Waals surface area contributed by atoms with Crippen LogP contribution in [0.5, 0.6) is 5.75 Å². The molecule has 0 aromatic heterocycles. The molecule has 2 rings (SSSR count). The summed E-state index contributed by atoms with van der Waals surface area (Å²) in [6.45, 7) is 0. The number of rotatable bonds is 4. The lowest BCUT2D eigenvalue weighted by Crippen LogP contribution is -2.14. The molecule has 2 aromatic rings. The lowest BCUT2D eigenvalue weighted by molar-refractivity contribution is 0.414. The Bertz CT molecular complexity index is 781. The molecule has 0 saturated heterocycles. The van der Waals surface area contributed by atoms with Crippen molar-refractivity contribution in [3.05, 3.63) is 47.2 Å². The molecule has 0 spiro atoms. The summed E-state index contributed by atoms with van der Waals surface area (Å²) in [6, 6.07) is 7.56. The lowest BCUT2D eigenvalue weighted by Gasteiger charge is -2.11. The Labute approximate surface area is 126 Å². The van der Waals surface area contributed by atoms with Crippen LogP contribution in [0.25, 0.3) is 0 Å². The van der Waals surface area contributed by atoms with Crippen molar-refractivity contribution in [3.63, 3.8) is 0 Å². The van der Waals surface area contributed by atoms with Crippen LogP contribution in [0.3, 0.4) is 0 Å². The number of nitrogens with one attached hydrogen (secondary N) is 1. The Morgan fingerprint density at radius 2 is 1.95 bits per heavy atom. The van der Waals surface area contributed by atoms with Gasteiger partial charge in [-0.3, -0.25) is 4.72 Å². The van der Waals surface area contributed by atoms with Gasteiger partial charge in [0.05, 0.1) is 28.4 Å². The van der Waals surface area contributed by atoms with Crippen LogP contribution >= 0.6 is 11.6 Å². The highest BCUT2D eigenvalue weighted by molar-refractivity contribution is 7.92. The van der Waals surface area contributed by atoms with Crippen LogP contribution in [0, 0.1) is 5.82 Å². The van der Waals surface area contributed by atoms with E-state index in [1.54, 1.807) is 0 Å². The summed E-state index contributed by atoms with van der Waals surface area (Å²) in [5.74, 6) is -0.397. The first-order valence-electron chi connectivity index (χ1n) is 5.75. The van der Waals surface area contributed by atoms with Crippen LogP contribution in [0.2, 0.25) is 5.02 Å². The van der Waals surface area contributed by atoms with E-state index in [4.69, 9.17) is 22.1 Å². The van der Waals surface area contributed by atoms with Gasteiger partial charge in [-0.25, -0.2) is 12.8 Å². The van der Waals surface area contributed by atoms with Gasteiger partial charge in [-0.15, -0.1) is 0 Å². The van der Waals surface area contributed by atoms with Crippen LogP contribution in [0.4, 0.5) is 15.8 Å². The van der Waals surface area contributed by atoms with Gasteiger partial charge in [0.1, 0.15) is 11.6 Å². The Balaban J connectivity index is 2.39. The second-order valence-corrected chi connectivity index (χ2v) is 6.22. The summed E-state index contributed by atoms with van der Waals surface area (Å²) in [4.78, 5) is -0.119. The standard InChI is InChI=1S/C13H12ClFN2O3S/c1-20-8-2-5-11(15)13(6-8)17-21(18,19)9-3-4-10(14)12(16)7-9/h2-7,17H,16H2,1H3. The number of hydrogen-bond acceptors (Lipinski definition) is 4. The Hall–Kier alpha value is -1.99. The normalized spacial score (nSPS) is 11.2. The predicted octanol–water partition coefficient (Wildman–Crippen LogP) is 2.87. The fraction of sp³-hybridized carbons (Fsp3) is 0.0769. The van der Waals surface area contributed by atoms with Crippen molar-refractivity contribution in [2.45, 2.75) is 4.90 Å². The number of halogens is 2. The third kappa shape index (κ3) is 3.37. The molecule has 0 radical (unpaired) electrons. The predicted molar refractivity (Wildman–Crippen MR) is 79.6 cm³/mol. The molecule has 0 atom stereocenters. The minimum atomic E-state index is -3.98. The number of hydrogen-bond donors (Lipinski definition) is 2. The van der Waals surface area contributed by atoms with E-state index < -0.39 is 15.8 Å². The molecule has 0 bridgehead atoms. The van der Waals surface area contributed by atoms with Crippen LogP contribution in [0.1, 0.15) is 0 Å². The van der Waals surface area contributed by atoms with Crippen molar-refractivity contribution >= 4 is 33.0 Å². The van der Waals surface area contributed by atoms with Gasteiger partial charge in [0.2, 0.25) is 0 Å². The number of ether oxygens (including phenoxy) is 1. The van der Waals surface area contributed by atoms with E-state index in [0.717, 1.165) is 6.07 Å². The van der Waals surface area contributed by atoms with Crippen molar-refractivity contribution in [3.8, 4) is 5.75 Å². The van der Waals surface area contributed by atoms with Crippen LogP contribution in [0.15, 0.2) is 41.3 Å². The molecule has 0 fully saturated rings. The van der Waals surface area contributed by atoms with Gasteiger partial charge in [0, 0.05) is 6.07 Å². The monoisotopic (exact) mass is 330 g/mol. The van der Waals surface area contributed by atoms with Gasteiger partial charge in [0.25, 0.3) is 10.0 Å². The van der Waals surface area contributed by atoms with Crippen molar-refractivity contribution in [2.75, 3.05) is 17.6 Å². The molecule has 0 saturated carbocycles. The average Bonchev–Trinajstić information content (AvgIpc) is 2.44. The molecule has 0 aliphatic heterocycles. The zero-order valence-corrected chi connectivity index (χ0v) is 12.5. The summed E-state index contributed by atoms with van der Waals surface area (Å²) >= 11 is 5.74. The first-order chi connectivity index (χ1) is 9.83. The number of anilines is 2. The summed E-state index contributed by atoms with van der Waals surface area (Å²) < 4.78 is 45.1. The third-order valence-corrected chi connectivity index (χ3v) is 4.40. The summed E-state index contributed by atoms with van der Waals surface area (Å²) in [7, 11) is -2.59. The SMILES string of the molecule is COc1ccc(F)c(NS(=O)(=O)c2ccc(Cl)c(N)c2)c1. The number of benzene rings is 2. The Kier molecular flexibility index (Phi) is 4.24. The molecule has 112 valence electrons. The van der Waals surface area contributed by atoms with Gasteiger partial charge in [0.15, 0.2) is 0 Å². The molecule has 5 nitrogen and oxygen atoms in total. The quantitative estimate of drug-likeness (QED) is 0.845. The van der Waals surface area contributed by atoms with Crippen molar-refractivity contribution < 1.29 is 17.5 Å². The van der Waals surface area contributed by atoms with E-state index in [9.17, 15) is 12.8 Å². The van der Waals surface area contributed by atoms with Gasteiger partial charge in [-0.1, -0.05) is 11.6 Å². The van der Waals surface area contributed by atoms with E-state index in [0.29, 0.717) is 5.75 Å². The highest BCUT2D eigenvalue weighted by Gasteiger charge is 2.17. The molecular formula is C13H12ClFN2O3S. The molecule has 0 aliphatic rings.